The molecule has 1 aliphatic rings. The molecule has 0 bridgehead atoms. The minimum atomic E-state index is -0.542. The first kappa shape index (κ1) is 14.2. The lowest BCUT2D eigenvalue weighted by molar-refractivity contribution is -0.384. The topological polar surface area (TPSA) is 111 Å². The molecule has 1 aliphatic heterocycles. The second-order valence-corrected chi connectivity index (χ2v) is 4.55. The number of hydrogen-bond donors (Lipinski definition) is 2. The summed E-state index contributed by atoms with van der Waals surface area (Å²) in [4.78, 5) is 24.4. The molecule has 108 valence electrons. The quantitative estimate of drug-likeness (QED) is 0.480. The number of morpholine rings is 1. The summed E-state index contributed by atoms with van der Waals surface area (Å²) >= 11 is 0. The lowest BCUT2D eigenvalue weighted by atomic mass is 10.1. The first-order chi connectivity index (χ1) is 9.54. The van der Waals surface area contributed by atoms with Gasteiger partial charge in [-0.25, -0.2) is 0 Å². The Balaban J connectivity index is 2.36. The number of amides is 1. The number of non-ortho nitro benzene ring substituents is 1. The summed E-state index contributed by atoms with van der Waals surface area (Å²) in [6, 6.07) is 3.88. The Morgan fingerprint density at radius 2 is 2.35 bits per heavy atom. The number of ether oxygens (including phenoxy) is 1. The van der Waals surface area contributed by atoms with Crippen molar-refractivity contribution in [2.24, 2.45) is 5.84 Å². The van der Waals surface area contributed by atoms with E-state index >= 15 is 0 Å². The molecule has 1 unspecified atom stereocenters. The van der Waals surface area contributed by atoms with Crippen LogP contribution < -0.4 is 11.3 Å². The van der Waals surface area contributed by atoms with Gasteiger partial charge in [-0.3, -0.25) is 20.8 Å². The van der Waals surface area contributed by atoms with Gasteiger partial charge in [0, 0.05) is 18.7 Å². The highest BCUT2D eigenvalue weighted by Crippen LogP contribution is 2.24. The third-order valence-electron chi connectivity index (χ3n) is 3.23. The van der Waals surface area contributed by atoms with Crippen molar-refractivity contribution in [3.05, 3.63) is 33.9 Å². The molecule has 0 aromatic heterocycles. The summed E-state index contributed by atoms with van der Waals surface area (Å²) in [5.74, 6) is 5.07. The van der Waals surface area contributed by atoms with Gasteiger partial charge in [0.1, 0.15) is 0 Å². The van der Waals surface area contributed by atoms with E-state index in [1.165, 1.54) is 18.2 Å². The van der Waals surface area contributed by atoms with Gasteiger partial charge in [0.2, 0.25) is 0 Å². The molecular formula is C12H16N4O4. The predicted octanol–water partition coefficient (Wildman–Crippen LogP) is 0.741. The maximum atomic E-state index is 12.5. The maximum absolute atomic E-state index is 12.5. The molecular weight excluding hydrogens is 264 g/mol. The molecule has 2 rings (SSSR count). The fraction of sp³-hybridized carbons (Fsp3) is 0.417. The highest BCUT2D eigenvalue weighted by Gasteiger charge is 2.27. The Morgan fingerprint density at radius 3 is 2.95 bits per heavy atom. The molecule has 1 aromatic carbocycles. The number of carbonyl (C=O) groups excluding carboxylic acids is 1. The Morgan fingerprint density at radius 1 is 1.60 bits per heavy atom. The Hall–Kier alpha value is -2.19. The van der Waals surface area contributed by atoms with Crippen LogP contribution in [0, 0.1) is 10.1 Å². The van der Waals surface area contributed by atoms with Gasteiger partial charge in [-0.15, -0.1) is 0 Å². The van der Waals surface area contributed by atoms with Crippen LogP contribution in [0.2, 0.25) is 0 Å². The Labute approximate surface area is 115 Å². The van der Waals surface area contributed by atoms with Crippen molar-refractivity contribution in [1.29, 1.82) is 0 Å². The number of benzene rings is 1. The van der Waals surface area contributed by atoms with E-state index in [0.29, 0.717) is 25.4 Å². The molecule has 8 nitrogen and oxygen atoms in total. The molecule has 0 spiro atoms. The van der Waals surface area contributed by atoms with Crippen molar-refractivity contribution in [3.8, 4) is 0 Å². The van der Waals surface area contributed by atoms with Gasteiger partial charge in [-0.05, 0) is 13.0 Å². The summed E-state index contributed by atoms with van der Waals surface area (Å²) in [7, 11) is 0. The van der Waals surface area contributed by atoms with Crippen molar-refractivity contribution < 1.29 is 14.5 Å². The van der Waals surface area contributed by atoms with Crippen LogP contribution in [0.4, 0.5) is 11.4 Å². The molecule has 20 heavy (non-hydrogen) atoms. The summed E-state index contributed by atoms with van der Waals surface area (Å²) < 4.78 is 5.27. The maximum Gasteiger partial charge on any atom is 0.270 e. The van der Waals surface area contributed by atoms with Gasteiger partial charge in [-0.2, -0.15) is 0 Å². The average Bonchev–Trinajstić information content (AvgIpc) is 2.46. The molecule has 1 heterocycles. The van der Waals surface area contributed by atoms with Crippen molar-refractivity contribution >= 4 is 17.3 Å². The smallest absolute Gasteiger partial charge is 0.270 e. The first-order valence-corrected chi connectivity index (χ1v) is 6.18. The SMILES string of the molecule is CC1COCCN1C(=O)c1cc([N+](=O)[O-])ccc1NN. The number of nitrogens with one attached hydrogen (secondary N) is 1. The van der Waals surface area contributed by atoms with Gasteiger partial charge >= 0.3 is 0 Å². The highest BCUT2D eigenvalue weighted by molar-refractivity contribution is 6.00. The lowest BCUT2D eigenvalue weighted by Gasteiger charge is -2.33. The van der Waals surface area contributed by atoms with Crippen LogP contribution in [0.25, 0.3) is 0 Å². The fourth-order valence-electron chi connectivity index (χ4n) is 2.13. The molecule has 8 heteroatoms. The summed E-state index contributed by atoms with van der Waals surface area (Å²) in [6.07, 6.45) is 0. The standard InChI is InChI=1S/C12H16N4O4/c1-8-7-20-5-4-15(8)12(17)10-6-9(16(18)19)2-3-11(10)14-13/h2-3,6,8,14H,4-5,7,13H2,1H3. The largest absolute Gasteiger partial charge is 0.377 e. The number of nitro groups is 1. The van der Waals surface area contributed by atoms with E-state index < -0.39 is 4.92 Å². The van der Waals surface area contributed by atoms with E-state index in [1.54, 1.807) is 4.90 Å². The van der Waals surface area contributed by atoms with E-state index in [0.717, 1.165) is 0 Å². The summed E-state index contributed by atoms with van der Waals surface area (Å²) in [5, 5.41) is 10.8. The van der Waals surface area contributed by atoms with Crippen molar-refractivity contribution in [2.75, 3.05) is 25.2 Å². The molecule has 0 aliphatic carbocycles. The Kier molecular flexibility index (Phi) is 4.16. The van der Waals surface area contributed by atoms with Crippen LogP contribution in [0.15, 0.2) is 18.2 Å². The second-order valence-electron chi connectivity index (χ2n) is 4.55. The number of nitrogens with two attached hydrogens (primary N) is 1. The molecule has 1 saturated heterocycles. The number of hydrogen-bond acceptors (Lipinski definition) is 6. The highest BCUT2D eigenvalue weighted by atomic mass is 16.6. The van der Waals surface area contributed by atoms with Crippen LogP contribution in [0.5, 0.6) is 0 Å². The van der Waals surface area contributed by atoms with Gasteiger partial charge in [0.25, 0.3) is 11.6 Å². The number of rotatable bonds is 3. The number of nitrogens with zero attached hydrogens (tertiary/aromatic N) is 2. The number of nitrogen functional groups attached to an aromatic ring is 1. The molecule has 3 N–H and O–H groups in total. The van der Waals surface area contributed by atoms with Gasteiger partial charge in [0.15, 0.2) is 0 Å². The number of anilines is 1. The van der Waals surface area contributed by atoms with Gasteiger partial charge in [0.05, 0.1) is 35.4 Å². The van der Waals surface area contributed by atoms with E-state index in [2.05, 4.69) is 5.43 Å². The summed E-state index contributed by atoms with van der Waals surface area (Å²) in [5.41, 5.74) is 2.80. The zero-order valence-corrected chi connectivity index (χ0v) is 11.0. The monoisotopic (exact) mass is 280 g/mol. The third-order valence-corrected chi connectivity index (χ3v) is 3.23. The zero-order valence-electron chi connectivity index (χ0n) is 11.0. The van der Waals surface area contributed by atoms with E-state index in [4.69, 9.17) is 10.6 Å². The van der Waals surface area contributed by atoms with E-state index in [9.17, 15) is 14.9 Å². The van der Waals surface area contributed by atoms with Gasteiger partial charge in [-0.1, -0.05) is 0 Å². The van der Waals surface area contributed by atoms with Crippen LogP contribution in [0.3, 0.4) is 0 Å². The van der Waals surface area contributed by atoms with Crippen molar-refractivity contribution in [1.82, 2.24) is 4.90 Å². The molecule has 1 amide bonds. The van der Waals surface area contributed by atoms with E-state index in [-0.39, 0.29) is 23.2 Å². The predicted molar refractivity (Wildman–Crippen MR) is 72.2 cm³/mol. The zero-order chi connectivity index (χ0) is 14.7. The molecule has 1 aromatic rings. The molecule has 1 atom stereocenters. The normalized spacial score (nSPS) is 18.7. The van der Waals surface area contributed by atoms with Crippen molar-refractivity contribution in [2.45, 2.75) is 13.0 Å². The van der Waals surface area contributed by atoms with Crippen LogP contribution in [-0.2, 0) is 4.74 Å². The van der Waals surface area contributed by atoms with Crippen LogP contribution in [-0.4, -0.2) is 41.5 Å². The average molecular weight is 280 g/mol. The minimum absolute atomic E-state index is 0.0823. The van der Waals surface area contributed by atoms with Crippen LogP contribution in [0.1, 0.15) is 17.3 Å². The van der Waals surface area contributed by atoms with Gasteiger partial charge < -0.3 is 15.1 Å². The summed E-state index contributed by atoms with van der Waals surface area (Å²) in [6.45, 7) is 3.22. The molecule has 0 saturated carbocycles. The Bertz CT molecular complexity index is 534. The fourth-order valence-corrected chi connectivity index (χ4v) is 2.13. The first-order valence-electron chi connectivity index (χ1n) is 6.18. The molecule has 1 fully saturated rings. The number of nitro benzene ring substituents is 1. The molecule has 0 radical (unpaired) electrons. The minimum Gasteiger partial charge on any atom is -0.377 e. The van der Waals surface area contributed by atoms with Crippen molar-refractivity contribution in [3.63, 3.8) is 0 Å². The van der Waals surface area contributed by atoms with Crippen LogP contribution >= 0.6 is 0 Å². The number of hydrazine groups is 1. The lowest BCUT2D eigenvalue weighted by Crippen LogP contribution is -2.47. The number of carbonyl (C=O) groups is 1. The third kappa shape index (κ3) is 2.70. The van der Waals surface area contributed by atoms with E-state index in [1.807, 2.05) is 6.92 Å². The second kappa shape index (κ2) is 5.85.